The maximum absolute atomic E-state index is 12.6. The summed E-state index contributed by atoms with van der Waals surface area (Å²) in [6.07, 6.45) is 8.30. The van der Waals surface area contributed by atoms with Gasteiger partial charge in [-0.25, -0.2) is 0 Å². The molecule has 0 saturated heterocycles. The zero-order chi connectivity index (χ0) is 18.2. The van der Waals surface area contributed by atoms with E-state index in [0.717, 1.165) is 50.5 Å². The van der Waals surface area contributed by atoms with Crippen LogP contribution in [0.25, 0.3) is 0 Å². The van der Waals surface area contributed by atoms with Crippen LogP contribution in [0, 0.1) is 17.3 Å². The third-order valence-corrected chi connectivity index (χ3v) is 7.12. The summed E-state index contributed by atoms with van der Waals surface area (Å²) in [5, 5.41) is 3.73. The van der Waals surface area contributed by atoms with Crippen molar-refractivity contribution < 1.29 is 9.59 Å². The van der Waals surface area contributed by atoms with Gasteiger partial charge in [-0.3, -0.25) is 9.59 Å². The van der Waals surface area contributed by atoms with E-state index < -0.39 is 5.91 Å². The minimum Gasteiger partial charge on any atom is -0.365 e. The van der Waals surface area contributed by atoms with E-state index in [1.807, 2.05) is 0 Å². The summed E-state index contributed by atoms with van der Waals surface area (Å²) < 4.78 is 0. The lowest BCUT2D eigenvalue weighted by Gasteiger charge is -2.33. The molecule has 0 unspecified atom stereocenters. The first-order valence-corrected chi connectivity index (χ1v) is 10.3. The monoisotopic (exact) mass is 362 g/mol. The summed E-state index contributed by atoms with van der Waals surface area (Å²) in [6.45, 7) is 6.82. The lowest BCUT2D eigenvalue weighted by molar-refractivity contribution is -0.120. The predicted molar refractivity (Wildman–Crippen MR) is 103 cm³/mol. The molecule has 0 aliphatic heterocycles. The van der Waals surface area contributed by atoms with E-state index in [-0.39, 0.29) is 17.2 Å². The minimum atomic E-state index is -0.411. The number of carbonyl (C=O) groups is 2. The Balaban J connectivity index is 1.84. The van der Waals surface area contributed by atoms with Gasteiger partial charge in [0.2, 0.25) is 5.91 Å². The molecule has 25 heavy (non-hydrogen) atoms. The van der Waals surface area contributed by atoms with Crippen molar-refractivity contribution in [2.45, 2.75) is 72.1 Å². The van der Waals surface area contributed by atoms with Crippen molar-refractivity contribution in [3.63, 3.8) is 0 Å². The van der Waals surface area contributed by atoms with E-state index in [1.165, 1.54) is 11.3 Å². The van der Waals surface area contributed by atoms with Crippen LogP contribution in [0.1, 0.15) is 80.1 Å². The molecular weight excluding hydrogens is 332 g/mol. The average molecular weight is 363 g/mol. The molecule has 2 aliphatic rings. The molecular formula is C20H30N2O2S. The number of carbonyl (C=O) groups excluding carboxylic acids is 2. The number of fused-ring (bicyclic) bond motifs is 1. The van der Waals surface area contributed by atoms with Crippen molar-refractivity contribution in [1.29, 1.82) is 0 Å². The number of hydrogen-bond acceptors (Lipinski definition) is 3. The van der Waals surface area contributed by atoms with E-state index in [4.69, 9.17) is 5.73 Å². The van der Waals surface area contributed by atoms with Gasteiger partial charge >= 0.3 is 0 Å². The standard InChI is InChI=1S/C20H30N2O2S/c1-20(2,3)13-9-10-14-15(11-13)25-19(16(14)17(21)23)22-18(24)12-7-5-4-6-8-12/h12-13H,4-11H2,1-3H3,(H2,21,23)(H,22,24)/t13-/m1/s1. The summed E-state index contributed by atoms with van der Waals surface area (Å²) in [7, 11) is 0. The zero-order valence-corrected chi connectivity index (χ0v) is 16.4. The van der Waals surface area contributed by atoms with Crippen LogP contribution in [0.3, 0.4) is 0 Å². The summed E-state index contributed by atoms with van der Waals surface area (Å²) in [4.78, 5) is 25.9. The molecule has 1 fully saturated rings. The molecule has 2 aliphatic carbocycles. The molecule has 1 heterocycles. The maximum Gasteiger partial charge on any atom is 0.251 e. The highest BCUT2D eigenvalue weighted by Gasteiger charge is 2.34. The highest BCUT2D eigenvalue weighted by atomic mass is 32.1. The van der Waals surface area contributed by atoms with E-state index in [1.54, 1.807) is 11.3 Å². The fourth-order valence-corrected chi connectivity index (χ4v) is 5.59. The second-order valence-electron chi connectivity index (χ2n) is 8.70. The van der Waals surface area contributed by atoms with Gasteiger partial charge in [0.1, 0.15) is 5.00 Å². The quantitative estimate of drug-likeness (QED) is 0.830. The number of thiophene rings is 1. The maximum atomic E-state index is 12.6. The Labute approximate surface area is 154 Å². The van der Waals surface area contributed by atoms with Crippen LogP contribution in [-0.2, 0) is 17.6 Å². The molecule has 0 aromatic carbocycles. The topological polar surface area (TPSA) is 72.2 Å². The Morgan fingerprint density at radius 2 is 1.80 bits per heavy atom. The van der Waals surface area contributed by atoms with Crippen LogP contribution in [0.2, 0.25) is 0 Å². The van der Waals surface area contributed by atoms with Gasteiger partial charge in [0, 0.05) is 10.8 Å². The molecule has 0 radical (unpaired) electrons. The van der Waals surface area contributed by atoms with Gasteiger partial charge in [-0.1, -0.05) is 40.0 Å². The van der Waals surface area contributed by atoms with Crippen molar-refractivity contribution in [1.82, 2.24) is 0 Å². The van der Waals surface area contributed by atoms with Crippen LogP contribution in [0.5, 0.6) is 0 Å². The van der Waals surface area contributed by atoms with E-state index >= 15 is 0 Å². The lowest BCUT2D eigenvalue weighted by atomic mass is 9.72. The number of amides is 2. The number of nitrogens with one attached hydrogen (secondary N) is 1. The molecule has 4 nitrogen and oxygen atoms in total. The summed E-state index contributed by atoms with van der Waals surface area (Å²) in [5.74, 6) is 0.330. The van der Waals surface area contributed by atoms with E-state index in [9.17, 15) is 9.59 Å². The molecule has 1 aromatic rings. The van der Waals surface area contributed by atoms with Crippen LogP contribution < -0.4 is 11.1 Å². The first-order valence-electron chi connectivity index (χ1n) is 9.52. The first kappa shape index (κ1) is 18.4. The Hall–Kier alpha value is -1.36. The Morgan fingerprint density at radius 3 is 2.40 bits per heavy atom. The number of nitrogens with two attached hydrogens (primary N) is 1. The van der Waals surface area contributed by atoms with Gasteiger partial charge in [0.15, 0.2) is 0 Å². The van der Waals surface area contributed by atoms with Crippen LogP contribution in [-0.4, -0.2) is 11.8 Å². The van der Waals surface area contributed by atoms with Crippen molar-refractivity contribution in [3.05, 3.63) is 16.0 Å². The highest BCUT2D eigenvalue weighted by molar-refractivity contribution is 7.17. The van der Waals surface area contributed by atoms with E-state index in [0.29, 0.717) is 16.5 Å². The van der Waals surface area contributed by atoms with Crippen molar-refractivity contribution >= 4 is 28.2 Å². The van der Waals surface area contributed by atoms with Crippen LogP contribution >= 0.6 is 11.3 Å². The van der Waals surface area contributed by atoms with Gasteiger partial charge in [-0.15, -0.1) is 11.3 Å². The van der Waals surface area contributed by atoms with Crippen LogP contribution in [0.4, 0.5) is 5.00 Å². The highest BCUT2D eigenvalue weighted by Crippen LogP contribution is 2.44. The smallest absolute Gasteiger partial charge is 0.251 e. The minimum absolute atomic E-state index is 0.0631. The second kappa shape index (κ2) is 7.10. The van der Waals surface area contributed by atoms with Gasteiger partial charge < -0.3 is 11.1 Å². The Kier molecular flexibility index (Phi) is 5.24. The zero-order valence-electron chi connectivity index (χ0n) is 15.6. The SMILES string of the molecule is CC(C)(C)[C@@H]1CCc2c(sc(NC(=O)C3CCCCC3)c2C(N)=O)C1. The Bertz CT molecular complexity index is 666. The van der Waals surface area contributed by atoms with Crippen molar-refractivity contribution in [2.75, 3.05) is 5.32 Å². The van der Waals surface area contributed by atoms with Crippen LogP contribution in [0.15, 0.2) is 0 Å². The second-order valence-corrected chi connectivity index (χ2v) is 9.81. The third-order valence-electron chi connectivity index (χ3n) is 5.95. The first-order chi connectivity index (χ1) is 11.8. The summed E-state index contributed by atoms with van der Waals surface area (Å²) in [6, 6.07) is 0. The summed E-state index contributed by atoms with van der Waals surface area (Å²) in [5.41, 5.74) is 7.57. The van der Waals surface area contributed by atoms with Gasteiger partial charge in [-0.05, 0) is 49.0 Å². The number of primary amides is 1. The molecule has 5 heteroatoms. The molecule has 3 N–H and O–H groups in total. The molecule has 0 bridgehead atoms. The number of hydrogen-bond donors (Lipinski definition) is 2. The molecule has 1 saturated carbocycles. The molecule has 138 valence electrons. The largest absolute Gasteiger partial charge is 0.365 e. The van der Waals surface area contributed by atoms with Gasteiger partial charge in [0.05, 0.1) is 5.56 Å². The number of anilines is 1. The fourth-order valence-electron chi connectivity index (χ4n) is 4.25. The Morgan fingerprint density at radius 1 is 1.12 bits per heavy atom. The molecule has 1 atom stereocenters. The van der Waals surface area contributed by atoms with Gasteiger partial charge in [0.25, 0.3) is 5.91 Å². The lowest BCUT2D eigenvalue weighted by Crippen LogP contribution is -2.27. The summed E-state index contributed by atoms with van der Waals surface area (Å²) >= 11 is 1.57. The molecule has 1 aromatic heterocycles. The predicted octanol–water partition coefficient (Wildman–Crippen LogP) is 4.52. The van der Waals surface area contributed by atoms with Crippen molar-refractivity contribution in [3.8, 4) is 0 Å². The third kappa shape index (κ3) is 3.91. The average Bonchev–Trinajstić information content (AvgIpc) is 2.91. The molecule has 2 amide bonds. The molecule has 0 spiro atoms. The van der Waals surface area contributed by atoms with Gasteiger partial charge in [-0.2, -0.15) is 0 Å². The number of rotatable bonds is 3. The normalized spacial score (nSPS) is 21.6. The van der Waals surface area contributed by atoms with Crippen molar-refractivity contribution in [2.24, 2.45) is 23.0 Å². The molecule has 3 rings (SSSR count). The van der Waals surface area contributed by atoms with E-state index in [2.05, 4.69) is 26.1 Å². The fraction of sp³-hybridized carbons (Fsp3) is 0.700.